The number of hydrogen-bond donors (Lipinski definition) is 2. The number of carboxylic acids is 1. The van der Waals surface area contributed by atoms with E-state index >= 15 is 0 Å². The molecule has 262 valence electrons. The van der Waals surface area contributed by atoms with Crippen molar-refractivity contribution < 1.29 is 31.1 Å². The average Bonchev–Trinajstić information content (AvgIpc) is 3.40. The number of hydrogen-bond acceptors (Lipinski definition) is 5. The SMILES string of the molecule is O=C(O)c1ccc(S(=O)(=O)CCc2c(CCNS(=O)(=O)Cc3ccccc3F)n(C(c3ccccc3)c3ccccc3)c3ccc(Cl)cc23)cc1. The summed E-state index contributed by atoms with van der Waals surface area (Å²) < 4.78 is 72.7. The molecule has 0 unspecified atom stereocenters. The summed E-state index contributed by atoms with van der Waals surface area (Å²) in [6.07, 6.45) is 0.224. The number of rotatable bonds is 14. The first-order valence-corrected chi connectivity index (χ1v) is 19.8. The van der Waals surface area contributed by atoms with E-state index < -0.39 is 37.4 Å². The molecule has 0 fully saturated rings. The van der Waals surface area contributed by atoms with Crippen molar-refractivity contribution in [3.8, 4) is 0 Å². The van der Waals surface area contributed by atoms with Gasteiger partial charge in [0.2, 0.25) is 10.0 Å². The molecule has 51 heavy (non-hydrogen) atoms. The zero-order valence-electron chi connectivity index (χ0n) is 27.2. The van der Waals surface area contributed by atoms with E-state index in [0.717, 1.165) is 22.0 Å². The standard InChI is InChI=1S/C39H34ClFN2O6S2/c40-31-17-20-36-34(25-31)33(22-24-50(46,47)32-18-15-29(16-19-32)39(44)45)37(21-23-42-51(48,49)26-30-13-7-8-14-35(30)41)43(36)38(27-9-3-1-4-10-27)28-11-5-2-6-12-28/h1-20,25,38,42H,21-24,26H2,(H,44,45). The van der Waals surface area contributed by atoms with Crippen LogP contribution in [0.1, 0.15) is 44.3 Å². The third kappa shape index (κ3) is 8.23. The maximum Gasteiger partial charge on any atom is 0.335 e. The zero-order valence-corrected chi connectivity index (χ0v) is 29.6. The topological polar surface area (TPSA) is 123 Å². The zero-order chi connectivity index (χ0) is 36.2. The molecular weight excluding hydrogens is 711 g/mol. The number of sulfone groups is 1. The summed E-state index contributed by atoms with van der Waals surface area (Å²) in [6.45, 7) is -0.0481. The number of aryl methyl sites for hydroxylation is 1. The molecule has 5 aromatic carbocycles. The van der Waals surface area contributed by atoms with Gasteiger partial charge in [0.25, 0.3) is 0 Å². The van der Waals surface area contributed by atoms with Gasteiger partial charge in [-0.1, -0.05) is 90.5 Å². The van der Waals surface area contributed by atoms with Gasteiger partial charge < -0.3 is 9.67 Å². The lowest BCUT2D eigenvalue weighted by molar-refractivity contribution is 0.0696. The number of halogens is 2. The predicted octanol–water partition coefficient (Wildman–Crippen LogP) is 7.45. The van der Waals surface area contributed by atoms with Crippen molar-refractivity contribution in [2.75, 3.05) is 12.3 Å². The molecule has 0 amide bonds. The number of fused-ring (bicyclic) bond motifs is 1. The fraction of sp³-hybridized carbons (Fsp3) is 0.154. The fourth-order valence-corrected chi connectivity index (χ4v) is 8.96. The lowest BCUT2D eigenvalue weighted by atomic mass is 9.97. The van der Waals surface area contributed by atoms with Gasteiger partial charge in [-0.15, -0.1) is 0 Å². The summed E-state index contributed by atoms with van der Waals surface area (Å²) in [5.74, 6) is -2.63. The second-order valence-corrected chi connectivity index (χ2v) is 16.4. The van der Waals surface area contributed by atoms with Gasteiger partial charge in [-0.3, -0.25) is 0 Å². The number of aromatic nitrogens is 1. The monoisotopic (exact) mass is 744 g/mol. The molecule has 0 bridgehead atoms. The van der Waals surface area contributed by atoms with E-state index in [4.69, 9.17) is 11.6 Å². The van der Waals surface area contributed by atoms with Crippen molar-refractivity contribution >= 4 is 48.3 Å². The van der Waals surface area contributed by atoms with Crippen LogP contribution in [-0.2, 0) is 38.5 Å². The Balaban J connectivity index is 1.45. The summed E-state index contributed by atoms with van der Waals surface area (Å²) in [4.78, 5) is 11.3. The molecule has 0 saturated carbocycles. The van der Waals surface area contributed by atoms with Crippen LogP contribution in [0.2, 0.25) is 5.02 Å². The Labute approximate surface area is 301 Å². The summed E-state index contributed by atoms with van der Waals surface area (Å²) in [7, 11) is -7.83. The maximum absolute atomic E-state index is 14.4. The van der Waals surface area contributed by atoms with Crippen molar-refractivity contribution in [1.82, 2.24) is 9.29 Å². The summed E-state index contributed by atoms with van der Waals surface area (Å²) >= 11 is 6.55. The van der Waals surface area contributed by atoms with Gasteiger partial charge in [0, 0.05) is 40.1 Å². The fourth-order valence-electron chi connectivity index (χ4n) is 6.37. The largest absolute Gasteiger partial charge is 0.478 e. The first-order valence-electron chi connectivity index (χ1n) is 16.1. The van der Waals surface area contributed by atoms with Crippen LogP contribution in [-0.4, -0.2) is 44.8 Å². The summed E-state index contributed by atoms with van der Waals surface area (Å²) in [6, 6.07) is 35.4. The molecule has 0 aliphatic carbocycles. The molecule has 6 rings (SSSR count). The highest BCUT2D eigenvalue weighted by Gasteiger charge is 2.27. The van der Waals surface area contributed by atoms with Gasteiger partial charge in [0.05, 0.1) is 28.0 Å². The lowest BCUT2D eigenvalue weighted by Gasteiger charge is -2.25. The lowest BCUT2D eigenvalue weighted by Crippen LogP contribution is -2.29. The Kier molecular flexibility index (Phi) is 10.7. The maximum atomic E-state index is 14.4. The van der Waals surface area contributed by atoms with E-state index in [9.17, 15) is 31.1 Å². The van der Waals surface area contributed by atoms with E-state index in [1.54, 1.807) is 18.2 Å². The first-order chi connectivity index (χ1) is 24.4. The van der Waals surface area contributed by atoms with Crippen LogP contribution >= 0.6 is 11.6 Å². The van der Waals surface area contributed by atoms with Gasteiger partial charge in [0.15, 0.2) is 9.84 Å². The quantitative estimate of drug-likeness (QED) is 0.120. The Morgan fingerprint density at radius 1 is 0.784 bits per heavy atom. The molecule has 1 heterocycles. The second-order valence-electron chi connectivity index (χ2n) is 12.1. The molecule has 0 radical (unpaired) electrons. The van der Waals surface area contributed by atoms with Crippen molar-refractivity contribution in [2.45, 2.75) is 29.5 Å². The smallest absolute Gasteiger partial charge is 0.335 e. The third-order valence-corrected chi connectivity index (χ3v) is 12.0. The third-order valence-electron chi connectivity index (χ3n) is 8.74. The molecule has 8 nitrogen and oxygen atoms in total. The molecule has 6 aromatic rings. The molecule has 12 heteroatoms. The average molecular weight is 745 g/mol. The molecule has 0 aliphatic rings. The van der Waals surface area contributed by atoms with Crippen molar-refractivity contribution in [3.05, 3.63) is 172 Å². The van der Waals surface area contributed by atoms with Crippen LogP contribution in [0.4, 0.5) is 4.39 Å². The number of carboxylic acid groups (broad SMARTS) is 1. The van der Waals surface area contributed by atoms with E-state index in [1.165, 1.54) is 42.5 Å². The van der Waals surface area contributed by atoms with E-state index in [2.05, 4.69) is 9.29 Å². The Bertz CT molecular complexity index is 2360. The number of nitrogens with zero attached hydrogens (tertiary/aromatic N) is 1. The van der Waals surface area contributed by atoms with Crippen LogP contribution in [0.3, 0.4) is 0 Å². The molecule has 2 N–H and O–H groups in total. The molecule has 0 atom stereocenters. The van der Waals surface area contributed by atoms with Crippen molar-refractivity contribution in [1.29, 1.82) is 0 Å². The summed E-state index contributed by atoms with van der Waals surface area (Å²) in [5.41, 5.74) is 4.09. The number of carbonyl (C=O) groups is 1. The van der Waals surface area contributed by atoms with Crippen LogP contribution < -0.4 is 4.72 Å². The Morgan fingerprint density at radius 2 is 1.39 bits per heavy atom. The van der Waals surface area contributed by atoms with Crippen molar-refractivity contribution in [3.63, 3.8) is 0 Å². The highest BCUT2D eigenvalue weighted by molar-refractivity contribution is 7.91. The molecule has 0 spiro atoms. The van der Waals surface area contributed by atoms with Gasteiger partial charge >= 0.3 is 5.97 Å². The second kappa shape index (κ2) is 15.2. The number of sulfonamides is 1. The Hall–Kier alpha value is -4.81. The van der Waals surface area contributed by atoms with Crippen LogP contribution in [0.25, 0.3) is 10.9 Å². The van der Waals surface area contributed by atoms with Gasteiger partial charge in [-0.25, -0.2) is 30.7 Å². The Morgan fingerprint density at radius 3 is 2.00 bits per heavy atom. The normalized spacial score (nSPS) is 12.1. The van der Waals surface area contributed by atoms with E-state index in [0.29, 0.717) is 16.3 Å². The van der Waals surface area contributed by atoms with E-state index in [1.807, 2.05) is 66.7 Å². The van der Waals surface area contributed by atoms with Gasteiger partial charge in [0.1, 0.15) is 5.82 Å². The summed E-state index contributed by atoms with van der Waals surface area (Å²) in [5, 5.41) is 10.4. The highest BCUT2D eigenvalue weighted by atomic mass is 35.5. The first kappa shape index (κ1) is 36.0. The number of aromatic carboxylic acids is 1. The van der Waals surface area contributed by atoms with Gasteiger partial charge in [-0.2, -0.15) is 0 Å². The van der Waals surface area contributed by atoms with Gasteiger partial charge in [-0.05, 0) is 71.6 Å². The number of nitrogens with one attached hydrogen (secondary N) is 1. The minimum Gasteiger partial charge on any atom is -0.478 e. The van der Waals surface area contributed by atoms with Crippen LogP contribution in [0, 0.1) is 5.82 Å². The molecule has 1 aromatic heterocycles. The van der Waals surface area contributed by atoms with Crippen molar-refractivity contribution in [2.24, 2.45) is 0 Å². The molecule has 0 saturated heterocycles. The van der Waals surface area contributed by atoms with E-state index in [-0.39, 0.29) is 47.2 Å². The molecular formula is C39H34ClFN2O6S2. The van der Waals surface area contributed by atoms with Crippen LogP contribution in [0.5, 0.6) is 0 Å². The minimum absolute atomic E-state index is 0.0110. The molecule has 0 aliphatic heterocycles. The van der Waals surface area contributed by atoms with Crippen LogP contribution in [0.15, 0.2) is 132 Å². The highest BCUT2D eigenvalue weighted by Crippen LogP contribution is 2.38. The minimum atomic E-state index is -3.95. The predicted molar refractivity (Wildman–Crippen MR) is 197 cm³/mol. The number of benzene rings is 5.